The van der Waals surface area contributed by atoms with Gasteiger partial charge in [-0.3, -0.25) is 4.79 Å². The zero-order valence-electron chi connectivity index (χ0n) is 14.5. The maximum absolute atomic E-state index is 12.6. The number of hydrogen-bond acceptors (Lipinski definition) is 6. The molecule has 1 aromatic heterocycles. The van der Waals surface area contributed by atoms with E-state index in [1.54, 1.807) is 19.1 Å². The average molecular weight is 428 g/mol. The molecule has 1 aliphatic rings. The molecule has 3 rings (SSSR count). The molecule has 2 atom stereocenters. The highest BCUT2D eigenvalue weighted by molar-refractivity contribution is 7.91. The third kappa shape index (κ3) is 3.74. The lowest BCUT2D eigenvalue weighted by Gasteiger charge is -2.18. The number of nitrogens with two attached hydrogens (primary N) is 1. The Morgan fingerprint density at radius 1 is 1.33 bits per heavy atom. The second kappa shape index (κ2) is 7.61. The Hall–Kier alpha value is -1.90. The van der Waals surface area contributed by atoms with Crippen LogP contribution in [0.1, 0.15) is 40.1 Å². The van der Waals surface area contributed by atoms with E-state index in [9.17, 15) is 18.0 Å². The van der Waals surface area contributed by atoms with E-state index in [0.717, 1.165) is 22.5 Å². The molecule has 144 valence electrons. The fourth-order valence-corrected chi connectivity index (χ4v) is 6.56. The lowest BCUT2D eigenvalue weighted by atomic mass is 9.99. The van der Waals surface area contributed by atoms with Gasteiger partial charge in [-0.1, -0.05) is 42.8 Å². The lowest BCUT2D eigenvalue weighted by molar-refractivity contribution is -0.121. The Morgan fingerprint density at radius 3 is 2.70 bits per heavy atom. The van der Waals surface area contributed by atoms with Crippen molar-refractivity contribution in [1.82, 2.24) is 0 Å². The van der Waals surface area contributed by atoms with Crippen LogP contribution >= 0.6 is 22.9 Å². The van der Waals surface area contributed by atoms with Gasteiger partial charge in [0.2, 0.25) is 5.91 Å². The molecule has 1 heterocycles. The normalized spacial score (nSPS) is 18.9. The summed E-state index contributed by atoms with van der Waals surface area (Å²) in [6, 6.07) is 7.26. The summed E-state index contributed by atoms with van der Waals surface area (Å²) in [4.78, 5) is 24.4. The van der Waals surface area contributed by atoms with Gasteiger partial charge in [-0.15, -0.1) is 11.3 Å². The third-order valence-electron chi connectivity index (χ3n) is 4.44. The first kappa shape index (κ1) is 19.9. The summed E-state index contributed by atoms with van der Waals surface area (Å²) in [7, 11) is -3.55. The van der Waals surface area contributed by atoms with Crippen molar-refractivity contribution >= 4 is 44.7 Å². The number of halogens is 1. The van der Waals surface area contributed by atoms with Crippen molar-refractivity contribution in [2.45, 2.75) is 36.7 Å². The summed E-state index contributed by atoms with van der Waals surface area (Å²) < 4.78 is 30.0. The van der Waals surface area contributed by atoms with Crippen LogP contribution < -0.4 is 5.73 Å². The molecule has 6 nitrogen and oxygen atoms in total. The summed E-state index contributed by atoms with van der Waals surface area (Å²) in [5.41, 5.74) is 7.14. The zero-order chi connectivity index (χ0) is 19.8. The van der Waals surface area contributed by atoms with Crippen LogP contribution in [0.15, 0.2) is 34.5 Å². The molecule has 1 aliphatic carbocycles. The predicted octanol–water partition coefficient (Wildman–Crippen LogP) is 2.94. The van der Waals surface area contributed by atoms with Crippen LogP contribution in [-0.2, 0) is 25.8 Å². The second-order valence-corrected chi connectivity index (χ2v) is 9.62. The van der Waals surface area contributed by atoms with Crippen LogP contribution in [-0.4, -0.2) is 32.2 Å². The predicted molar refractivity (Wildman–Crippen MR) is 103 cm³/mol. The van der Waals surface area contributed by atoms with E-state index < -0.39 is 33.7 Å². The molecule has 1 amide bonds. The van der Waals surface area contributed by atoms with Gasteiger partial charge < -0.3 is 10.5 Å². The summed E-state index contributed by atoms with van der Waals surface area (Å²) in [6.45, 7) is 1.74. The topological polar surface area (TPSA) is 104 Å². The summed E-state index contributed by atoms with van der Waals surface area (Å²) >= 11 is 7.06. The minimum atomic E-state index is -3.55. The fraction of sp³-hybridized carbons (Fsp3) is 0.333. The highest BCUT2D eigenvalue weighted by Gasteiger charge is 2.39. The van der Waals surface area contributed by atoms with Gasteiger partial charge in [0.15, 0.2) is 9.84 Å². The molecule has 2 N–H and O–H groups in total. The van der Waals surface area contributed by atoms with Gasteiger partial charge >= 0.3 is 5.97 Å². The number of ether oxygens (including phenoxy) is 1. The number of carbonyl (C=O) groups excluding carboxylic acids is 2. The van der Waals surface area contributed by atoms with Gasteiger partial charge in [-0.2, -0.15) is 0 Å². The highest BCUT2D eigenvalue weighted by Crippen LogP contribution is 2.37. The van der Waals surface area contributed by atoms with Crippen LogP contribution in [0.25, 0.3) is 0 Å². The minimum absolute atomic E-state index is 0.00511. The van der Waals surface area contributed by atoms with Crippen molar-refractivity contribution in [1.29, 1.82) is 0 Å². The van der Waals surface area contributed by atoms with Gasteiger partial charge in [-0.05, 0) is 17.5 Å². The Balaban J connectivity index is 1.85. The standard InChI is InChI=1S/C18H18ClNO5S2/c1-2-7-27(23,24)13-9-26-16(15(13)19)18(22)25-12-8-10-5-3-4-6-11(10)14(12)17(20)21/h3-6,9,12,14H,2,7-8H2,1H3,(H2,20,21). The Kier molecular flexibility index (Phi) is 5.60. The van der Waals surface area contributed by atoms with Crippen LogP contribution in [0, 0.1) is 0 Å². The number of sulfone groups is 1. The Labute approximate surface area is 166 Å². The molecule has 0 bridgehead atoms. The maximum Gasteiger partial charge on any atom is 0.350 e. The van der Waals surface area contributed by atoms with E-state index in [1.807, 2.05) is 12.1 Å². The number of rotatable bonds is 6. The number of esters is 1. The number of fused-ring (bicyclic) bond motifs is 1. The van der Waals surface area contributed by atoms with Crippen molar-refractivity contribution in [3.63, 3.8) is 0 Å². The van der Waals surface area contributed by atoms with E-state index in [1.165, 1.54) is 5.38 Å². The van der Waals surface area contributed by atoms with Crippen molar-refractivity contribution < 1.29 is 22.7 Å². The molecule has 0 fully saturated rings. The van der Waals surface area contributed by atoms with E-state index in [0.29, 0.717) is 12.8 Å². The summed E-state index contributed by atoms with van der Waals surface area (Å²) in [6.07, 6.45) is 0.0512. The largest absolute Gasteiger partial charge is 0.457 e. The van der Waals surface area contributed by atoms with Crippen molar-refractivity contribution in [2.24, 2.45) is 5.73 Å². The average Bonchev–Trinajstić information content (AvgIpc) is 3.15. The molecule has 27 heavy (non-hydrogen) atoms. The molecule has 2 unspecified atom stereocenters. The minimum Gasteiger partial charge on any atom is -0.457 e. The van der Waals surface area contributed by atoms with Crippen molar-refractivity contribution in [2.75, 3.05) is 5.75 Å². The van der Waals surface area contributed by atoms with E-state index in [4.69, 9.17) is 22.1 Å². The van der Waals surface area contributed by atoms with E-state index in [-0.39, 0.29) is 20.5 Å². The first-order valence-corrected chi connectivity index (χ1v) is 11.2. The SMILES string of the molecule is CCCS(=O)(=O)c1csc(C(=O)OC2Cc3ccccc3C2C(N)=O)c1Cl. The van der Waals surface area contributed by atoms with Crippen molar-refractivity contribution in [3.8, 4) is 0 Å². The Morgan fingerprint density at radius 2 is 2.04 bits per heavy atom. The molecule has 2 aromatic rings. The van der Waals surface area contributed by atoms with Gasteiger partial charge in [0.25, 0.3) is 0 Å². The van der Waals surface area contributed by atoms with Gasteiger partial charge in [0, 0.05) is 11.8 Å². The Bertz CT molecular complexity index is 999. The second-order valence-electron chi connectivity index (χ2n) is 6.29. The maximum atomic E-state index is 12.6. The first-order chi connectivity index (χ1) is 12.8. The van der Waals surface area contributed by atoms with Gasteiger partial charge in [0.05, 0.1) is 15.7 Å². The quantitative estimate of drug-likeness (QED) is 0.714. The molecule has 0 radical (unpaired) electrons. The third-order valence-corrected chi connectivity index (χ3v) is 8.10. The zero-order valence-corrected chi connectivity index (χ0v) is 16.9. The molecule has 9 heteroatoms. The van der Waals surface area contributed by atoms with Crippen LogP contribution in [0.4, 0.5) is 0 Å². The summed E-state index contributed by atoms with van der Waals surface area (Å²) in [5.74, 6) is -2.14. The molecular formula is C18H18ClNO5S2. The number of hydrogen-bond donors (Lipinski definition) is 1. The van der Waals surface area contributed by atoms with Crippen LogP contribution in [0.3, 0.4) is 0 Å². The van der Waals surface area contributed by atoms with Crippen molar-refractivity contribution in [3.05, 3.63) is 50.7 Å². The molecule has 1 aromatic carbocycles. The number of primary amides is 1. The number of carbonyl (C=O) groups is 2. The van der Waals surface area contributed by atoms with Gasteiger partial charge in [-0.25, -0.2) is 13.2 Å². The molecule has 0 saturated heterocycles. The molecule has 0 saturated carbocycles. The van der Waals surface area contributed by atoms with Crippen LogP contribution in [0.5, 0.6) is 0 Å². The lowest BCUT2D eigenvalue weighted by Crippen LogP contribution is -2.32. The fourth-order valence-electron chi connectivity index (χ4n) is 3.25. The highest BCUT2D eigenvalue weighted by atomic mass is 35.5. The van der Waals surface area contributed by atoms with E-state index >= 15 is 0 Å². The van der Waals surface area contributed by atoms with E-state index in [2.05, 4.69) is 0 Å². The molecule has 0 spiro atoms. The molecular weight excluding hydrogens is 410 g/mol. The monoisotopic (exact) mass is 427 g/mol. The van der Waals surface area contributed by atoms with Gasteiger partial charge in [0.1, 0.15) is 16.9 Å². The molecule has 0 aliphatic heterocycles. The number of amides is 1. The number of thiophene rings is 1. The van der Waals surface area contributed by atoms with Crippen LogP contribution in [0.2, 0.25) is 5.02 Å². The smallest absolute Gasteiger partial charge is 0.350 e. The number of benzene rings is 1. The first-order valence-electron chi connectivity index (χ1n) is 8.34. The summed E-state index contributed by atoms with van der Waals surface area (Å²) in [5, 5.41) is 1.21.